The van der Waals surface area contributed by atoms with Crippen LogP contribution in [0.2, 0.25) is 0 Å². The maximum Gasteiger partial charge on any atom is 0.333 e. The van der Waals surface area contributed by atoms with E-state index in [0.717, 1.165) is 0 Å². The lowest BCUT2D eigenvalue weighted by Gasteiger charge is -2.18. The van der Waals surface area contributed by atoms with Crippen LogP contribution in [0.4, 0.5) is 4.39 Å². The molecule has 2 rings (SSSR count). The number of ether oxygens (including phenoxy) is 5. The number of rotatable bonds is 11. The van der Waals surface area contributed by atoms with Crippen LogP contribution < -0.4 is 14.2 Å². The Kier molecular flexibility index (Phi) is 10.7. The molecule has 0 bridgehead atoms. The molecular weight excluding hydrogens is 507 g/mol. The van der Waals surface area contributed by atoms with Crippen molar-refractivity contribution in [1.29, 1.82) is 0 Å². The van der Waals surface area contributed by atoms with Gasteiger partial charge in [0.2, 0.25) is 0 Å². The van der Waals surface area contributed by atoms with E-state index >= 15 is 4.39 Å². The van der Waals surface area contributed by atoms with Crippen molar-refractivity contribution in [2.24, 2.45) is 10.8 Å². The van der Waals surface area contributed by atoms with Crippen LogP contribution in [-0.2, 0) is 23.9 Å². The molecule has 0 radical (unpaired) electrons. The molecule has 212 valence electrons. The van der Waals surface area contributed by atoms with E-state index in [1.165, 1.54) is 13.0 Å². The highest BCUT2D eigenvalue weighted by Crippen LogP contribution is 2.36. The standard InChI is InChI=1S/C30H37FO8/c1-19(2)26(32)37-15-14-36-25-23(31)17-21(18-24(25)35-13-16-38-27(33)29(3,4)5)20-9-11-22(12-10-20)39-28(34)30(6,7)8/h9-12,17-18H,1,13-16H2,2-8H3. The first-order valence-corrected chi connectivity index (χ1v) is 12.5. The number of halogens is 1. The summed E-state index contributed by atoms with van der Waals surface area (Å²) in [5.41, 5.74) is 0.0147. The van der Waals surface area contributed by atoms with Crippen molar-refractivity contribution >= 4 is 17.9 Å². The Morgan fingerprint density at radius 2 is 1.33 bits per heavy atom. The minimum absolute atomic E-state index is 0.0482. The van der Waals surface area contributed by atoms with Gasteiger partial charge in [-0.25, -0.2) is 9.18 Å². The number of carbonyl (C=O) groups is 3. The second-order valence-electron chi connectivity index (χ2n) is 10.9. The fourth-order valence-corrected chi connectivity index (χ4v) is 2.86. The van der Waals surface area contributed by atoms with Gasteiger partial charge in [-0.3, -0.25) is 9.59 Å². The predicted molar refractivity (Wildman–Crippen MR) is 144 cm³/mol. The predicted octanol–water partition coefficient (Wildman–Crippen LogP) is 5.91. The molecule has 0 heterocycles. The van der Waals surface area contributed by atoms with E-state index < -0.39 is 28.6 Å². The average Bonchev–Trinajstić information content (AvgIpc) is 2.84. The van der Waals surface area contributed by atoms with E-state index in [1.807, 2.05) is 0 Å². The summed E-state index contributed by atoms with van der Waals surface area (Å²) in [4.78, 5) is 35.7. The smallest absolute Gasteiger partial charge is 0.333 e. The lowest BCUT2D eigenvalue weighted by Crippen LogP contribution is -2.25. The normalized spacial score (nSPS) is 11.4. The molecule has 0 unspecified atom stereocenters. The summed E-state index contributed by atoms with van der Waals surface area (Å²) in [7, 11) is 0. The first-order valence-electron chi connectivity index (χ1n) is 12.5. The van der Waals surface area contributed by atoms with E-state index in [1.54, 1.807) is 71.9 Å². The Morgan fingerprint density at radius 3 is 1.90 bits per heavy atom. The van der Waals surface area contributed by atoms with Gasteiger partial charge in [-0.2, -0.15) is 0 Å². The maximum absolute atomic E-state index is 15.2. The van der Waals surface area contributed by atoms with Gasteiger partial charge in [-0.1, -0.05) is 18.7 Å². The Labute approximate surface area is 229 Å². The van der Waals surface area contributed by atoms with Gasteiger partial charge in [0.05, 0.1) is 10.8 Å². The molecule has 0 fully saturated rings. The molecule has 39 heavy (non-hydrogen) atoms. The molecule has 2 aromatic carbocycles. The van der Waals surface area contributed by atoms with Crippen molar-refractivity contribution in [2.75, 3.05) is 26.4 Å². The molecule has 0 spiro atoms. The highest BCUT2D eigenvalue weighted by molar-refractivity contribution is 5.86. The summed E-state index contributed by atoms with van der Waals surface area (Å²) < 4.78 is 42.1. The van der Waals surface area contributed by atoms with Crippen molar-refractivity contribution in [3.63, 3.8) is 0 Å². The Morgan fingerprint density at radius 1 is 0.769 bits per heavy atom. The van der Waals surface area contributed by atoms with Crippen molar-refractivity contribution in [2.45, 2.75) is 48.5 Å². The fraction of sp³-hybridized carbons (Fsp3) is 0.433. The maximum atomic E-state index is 15.2. The molecule has 8 nitrogen and oxygen atoms in total. The quantitative estimate of drug-likeness (QED) is 0.149. The van der Waals surface area contributed by atoms with Gasteiger partial charge < -0.3 is 23.7 Å². The summed E-state index contributed by atoms with van der Waals surface area (Å²) >= 11 is 0. The Hall–Kier alpha value is -3.88. The zero-order valence-electron chi connectivity index (χ0n) is 23.6. The van der Waals surface area contributed by atoms with Gasteiger partial charge in [0.1, 0.15) is 32.2 Å². The van der Waals surface area contributed by atoms with Crippen LogP contribution in [0.15, 0.2) is 48.6 Å². The summed E-state index contributed by atoms with van der Waals surface area (Å²) in [5, 5.41) is 0. The van der Waals surface area contributed by atoms with Crippen LogP contribution in [0.25, 0.3) is 11.1 Å². The Balaban J connectivity index is 2.22. The third-order valence-electron chi connectivity index (χ3n) is 5.12. The lowest BCUT2D eigenvalue weighted by molar-refractivity contribution is -0.153. The van der Waals surface area contributed by atoms with Crippen LogP contribution in [-0.4, -0.2) is 44.3 Å². The fourth-order valence-electron chi connectivity index (χ4n) is 2.86. The third-order valence-corrected chi connectivity index (χ3v) is 5.12. The molecule has 0 saturated carbocycles. The molecule has 0 atom stereocenters. The second kappa shape index (κ2) is 13.3. The summed E-state index contributed by atoms with van der Waals surface area (Å²) in [5.74, 6) is -1.80. The number of hydrogen-bond donors (Lipinski definition) is 0. The first-order chi connectivity index (χ1) is 18.1. The van der Waals surface area contributed by atoms with Gasteiger partial charge in [-0.15, -0.1) is 0 Å². The topological polar surface area (TPSA) is 97.4 Å². The average molecular weight is 545 g/mol. The Bertz CT molecular complexity index is 1190. The van der Waals surface area contributed by atoms with Gasteiger partial charge in [-0.05, 0) is 83.9 Å². The molecule has 0 aliphatic carbocycles. The largest absolute Gasteiger partial charge is 0.486 e. The van der Waals surface area contributed by atoms with Gasteiger partial charge in [0.25, 0.3) is 0 Å². The molecule has 0 aromatic heterocycles. The van der Waals surface area contributed by atoms with Crippen LogP contribution in [0.5, 0.6) is 17.2 Å². The highest BCUT2D eigenvalue weighted by atomic mass is 19.1. The van der Waals surface area contributed by atoms with Crippen LogP contribution in [0.3, 0.4) is 0 Å². The summed E-state index contributed by atoms with van der Waals surface area (Å²) in [6, 6.07) is 9.46. The van der Waals surface area contributed by atoms with Crippen molar-refractivity contribution in [3.05, 3.63) is 54.4 Å². The van der Waals surface area contributed by atoms with E-state index in [4.69, 9.17) is 23.7 Å². The van der Waals surface area contributed by atoms with E-state index in [2.05, 4.69) is 6.58 Å². The van der Waals surface area contributed by atoms with Crippen molar-refractivity contribution < 1.29 is 42.5 Å². The van der Waals surface area contributed by atoms with Gasteiger partial charge in [0.15, 0.2) is 17.3 Å². The zero-order chi connectivity index (χ0) is 29.4. The molecular formula is C30H37FO8. The monoisotopic (exact) mass is 544 g/mol. The molecule has 9 heteroatoms. The van der Waals surface area contributed by atoms with E-state index in [0.29, 0.717) is 16.9 Å². The van der Waals surface area contributed by atoms with Crippen molar-refractivity contribution in [1.82, 2.24) is 0 Å². The lowest BCUT2D eigenvalue weighted by atomic mass is 9.97. The molecule has 0 aliphatic heterocycles. The van der Waals surface area contributed by atoms with Gasteiger partial charge >= 0.3 is 17.9 Å². The number of benzene rings is 2. The number of esters is 3. The molecule has 0 saturated heterocycles. The third kappa shape index (κ3) is 9.74. The molecule has 2 aromatic rings. The van der Waals surface area contributed by atoms with E-state index in [-0.39, 0.29) is 49.5 Å². The van der Waals surface area contributed by atoms with Gasteiger partial charge in [0, 0.05) is 5.57 Å². The van der Waals surface area contributed by atoms with Crippen molar-refractivity contribution in [3.8, 4) is 28.4 Å². The minimum atomic E-state index is -0.705. The van der Waals surface area contributed by atoms with Crippen LogP contribution >= 0.6 is 0 Å². The number of carbonyl (C=O) groups excluding carboxylic acids is 3. The number of hydrogen-bond acceptors (Lipinski definition) is 8. The van der Waals surface area contributed by atoms with Crippen LogP contribution in [0, 0.1) is 16.6 Å². The molecule has 0 amide bonds. The van der Waals surface area contributed by atoms with E-state index in [9.17, 15) is 14.4 Å². The molecule has 0 N–H and O–H groups in total. The molecule has 0 aliphatic rings. The van der Waals surface area contributed by atoms with Crippen LogP contribution in [0.1, 0.15) is 48.5 Å². The zero-order valence-corrected chi connectivity index (χ0v) is 23.6. The minimum Gasteiger partial charge on any atom is -0.486 e. The highest BCUT2D eigenvalue weighted by Gasteiger charge is 2.24. The summed E-state index contributed by atoms with van der Waals surface area (Å²) in [6.07, 6.45) is 0. The SMILES string of the molecule is C=C(C)C(=O)OCCOc1c(F)cc(-c2ccc(OC(=O)C(C)(C)C)cc2)cc1OCCOC(=O)C(C)(C)C. The summed E-state index contributed by atoms with van der Waals surface area (Å²) in [6.45, 7) is 15.1. The second-order valence-corrected chi connectivity index (χ2v) is 10.9. The first kappa shape index (κ1) is 31.3.